The molecule has 0 fully saturated rings. The molecule has 0 saturated heterocycles. The van der Waals surface area contributed by atoms with Gasteiger partial charge in [0.05, 0.1) is 14.2 Å². The topological polar surface area (TPSA) is 18.5 Å². The van der Waals surface area contributed by atoms with Crippen molar-refractivity contribution < 1.29 is 47.2 Å². The summed E-state index contributed by atoms with van der Waals surface area (Å²) in [4.78, 5) is -0.778. The van der Waals surface area contributed by atoms with Gasteiger partial charge in [0.15, 0.2) is 0 Å². The van der Waals surface area contributed by atoms with Gasteiger partial charge < -0.3 is 9.47 Å². The summed E-state index contributed by atoms with van der Waals surface area (Å²) in [6.07, 6.45) is 0. The van der Waals surface area contributed by atoms with Crippen LogP contribution in [0.4, 0.5) is 0 Å². The van der Waals surface area contributed by atoms with E-state index in [-0.39, 0.29) is 37.7 Å². The van der Waals surface area contributed by atoms with Gasteiger partial charge in [-0.15, -0.1) is 11.6 Å². The van der Waals surface area contributed by atoms with E-state index in [4.69, 9.17) is 21.1 Å². The van der Waals surface area contributed by atoms with Crippen molar-refractivity contribution in [1.29, 1.82) is 0 Å². The fraction of sp³-hybridized carbons (Fsp3) is 0.143. The summed E-state index contributed by atoms with van der Waals surface area (Å²) in [5.74, 6) is 1.61. The number of hydrogen-bond acceptors (Lipinski definition) is 2. The maximum atomic E-state index is 7.22. The molecule has 2 nitrogen and oxygen atoms in total. The van der Waals surface area contributed by atoms with Gasteiger partial charge in [-0.25, -0.2) is 0 Å². The van der Waals surface area contributed by atoms with Crippen molar-refractivity contribution in [2.45, 2.75) is 4.87 Å². The molecule has 0 unspecified atom stereocenters. The third-order valence-corrected chi connectivity index (χ3v) is 4.80. The van der Waals surface area contributed by atoms with Crippen LogP contribution in [0.5, 0.6) is 11.5 Å². The molecule has 0 saturated carbocycles. The Morgan fingerprint density at radius 3 is 1.32 bits per heavy atom. The zero-order valence-electron chi connectivity index (χ0n) is 14.1. The fourth-order valence-electron chi connectivity index (χ4n) is 2.81. The van der Waals surface area contributed by atoms with Crippen molar-refractivity contribution in [3.63, 3.8) is 0 Å². The fourth-order valence-corrected chi connectivity index (χ4v) is 3.19. The number of hydrogen-bond donors (Lipinski definition) is 0. The van der Waals surface area contributed by atoms with Crippen LogP contribution >= 0.6 is 11.6 Å². The van der Waals surface area contributed by atoms with Gasteiger partial charge in [-0.2, -0.15) is 0 Å². The van der Waals surface area contributed by atoms with Gasteiger partial charge in [0.1, 0.15) is 16.4 Å². The summed E-state index contributed by atoms with van der Waals surface area (Å²) in [6.45, 7) is 0. The molecule has 3 aromatic rings. The molecule has 0 atom stereocenters. The molecular formula is C21H19ArClO2. The second kappa shape index (κ2) is 8.95. The molecule has 0 spiro atoms. The number of ether oxygens (including phenoxy) is 2. The summed E-state index contributed by atoms with van der Waals surface area (Å²) < 4.78 is 10.5. The smallest absolute Gasteiger partial charge is 0.119 e. The van der Waals surface area contributed by atoms with Gasteiger partial charge in [-0.3, -0.25) is 0 Å². The van der Waals surface area contributed by atoms with E-state index in [1.165, 1.54) is 0 Å². The van der Waals surface area contributed by atoms with Crippen LogP contribution in [0.3, 0.4) is 0 Å². The molecule has 25 heavy (non-hydrogen) atoms. The molecule has 130 valence electrons. The second-order valence-corrected chi connectivity index (χ2v) is 6.05. The molecule has 0 aliphatic heterocycles. The Morgan fingerprint density at radius 1 is 0.600 bits per heavy atom. The van der Waals surface area contributed by atoms with Crippen LogP contribution in [-0.4, -0.2) is 14.2 Å². The first kappa shape index (κ1) is 20.1. The van der Waals surface area contributed by atoms with E-state index in [9.17, 15) is 0 Å². The molecule has 0 aliphatic rings. The van der Waals surface area contributed by atoms with Gasteiger partial charge in [-0.05, 0) is 41.0 Å². The van der Waals surface area contributed by atoms with Crippen LogP contribution in [-0.2, 0) is 4.87 Å². The monoisotopic (exact) mass is 378 g/mol. The minimum absolute atomic E-state index is 0. The predicted molar refractivity (Wildman–Crippen MR) is 98.2 cm³/mol. The zero-order chi connectivity index (χ0) is 17.0. The van der Waals surface area contributed by atoms with Crippen LogP contribution in [0.15, 0.2) is 78.9 Å². The molecule has 0 aromatic heterocycles. The van der Waals surface area contributed by atoms with E-state index < -0.39 is 4.87 Å². The Bertz CT molecular complexity index is 739. The van der Waals surface area contributed by atoms with Gasteiger partial charge in [-0.1, -0.05) is 54.6 Å². The average Bonchev–Trinajstić information content (AvgIpc) is 2.68. The summed E-state index contributed by atoms with van der Waals surface area (Å²) in [5.41, 5.74) is 2.99. The standard InChI is InChI=1S/C21H19ClO2.Ar/c1-23-19-12-8-17(9-13-19)21(22,16-6-4-3-5-7-16)18-10-14-20(24-2)15-11-18;/h3-15H,1-2H3;. The first-order valence-corrected chi connectivity index (χ1v) is 8.10. The van der Waals surface area contributed by atoms with E-state index in [1.54, 1.807) is 14.2 Å². The SMILES string of the molecule is COc1ccc(C(Cl)(c2ccccc2)c2ccc(OC)cc2)cc1.[Ar]. The van der Waals surface area contributed by atoms with Crippen LogP contribution in [0.2, 0.25) is 0 Å². The molecule has 4 heteroatoms. The third-order valence-electron chi connectivity index (χ3n) is 4.15. The molecule has 0 bridgehead atoms. The summed E-state index contributed by atoms with van der Waals surface area (Å²) in [6, 6.07) is 25.8. The number of halogens is 1. The molecule has 0 radical (unpaired) electrons. The Balaban J connectivity index is 0.00000225. The first-order valence-electron chi connectivity index (χ1n) is 7.72. The van der Waals surface area contributed by atoms with Crippen molar-refractivity contribution in [1.82, 2.24) is 0 Å². The molecule has 0 aliphatic carbocycles. The van der Waals surface area contributed by atoms with E-state index in [1.807, 2.05) is 78.9 Å². The molecule has 3 aromatic carbocycles. The van der Waals surface area contributed by atoms with E-state index >= 15 is 0 Å². The van der Waals surface area contributed by atoms with Crippen LogP contribution in [0, 0.1) is 37.7 Å². The van der Waals surface area contributed by atoms with Crippen LogP contribution in [0.25, 0.3) is 0 Å². The average molecular weight is 379 g/mol. The minimum atomic E-state index is -0.778. The summed E-state index contributed by atoms with van der Waals surface area (Å²) >= 11 is 7.22. The maximum absolute atomic E-state index is 7.22. The predicted octanol–water partition coefficient (Wildman–Crippen LogP) is 5.23. The quantitative estimate of drug-likeness (QED) is 0.447. The largest absolute Gasteiger partial charge is 0.497 e. The first-order chi connectivity index (χ1) is 11.7. The van der Waals surface area contributed by atoms with E-state index in [0.717, 1.165) is 28.2 Å². The third kappa shape index (κ3) is 4.15. The van der Waals surface area contributed by atoms with Crippen molar-refractivity contribution in [2.24, 2.45) is 0 Å². The number of benzene rings is 3. The Hall–Kier alpha value is -1.19. The van der Waals surface area contributed by atoms with Gasteiger partial charge >= 0.3 is 0 Å². The van der Waals surface area contributed by atoms with Gasteiger partial charge in [0.25, 0.3) is 0 Å². The Kier molecular flexibility index (Phi) is 7.21. The second-order valence-electron chi connectivity index (χ2n) is 5.48. The van der Waals surface area contributed by atoms with Gasteiger partial charge in [0.2, 0.25) is 0 Å². The minimum Gasteiger partial charge on any atom is -0.497 e. The maximum Gasteiger partial charge on any atom is 0.119 e. The molecule has 0 heterocycles. The van der Waals surface area contributed by atoms with Crippen LogP contribution in [0.1, 0.15) is 16.7 Å². The number of rotatable bonds is 5. The molecule has 0 amide bonds. The number of alkyl halides is 1. The van der Waals surface area contributed by atoms with Crippen LogP contribution < -0.4 is 9.47 Å². The van der Waals surface area contributed by atoms with Crippen molar-refractivity contribution in [2.75, 3.05) is 14.2 Å². The summed E-state index contributed by atoms with van der Waals surface area (Å²) in [7, 11) is 3.31. The number of methoxy groups -OCH3 is 2. The molecular weight excluding hydrogens is 360 g/mol. The molecule has 3 rings (SSSR count). The van der Waals surface area contributed by atoms with E-state index in [0.29, 0.717) is 0 Å². The Labute approximate surface area is 183 Å². The summed E-state index contributed by atoms with van der Waals surface area (Å²) in [5, 5.41) is 0. The van der Waals surface area contributed by atoms with Crippen molar-refractivity contribution >= 4 is 11.6 Å². The van der Waals surface area contributed by atoms with Crippen molar-refractivity contribution in [3.05, 3.63) is 95.6 Å². The molecule has 0 N–H and O–H groups in total. The Morgan fingerprint density at radius 2 is 0.960 bits per heavy atom. The zero-order valence-corrected chi connectivity index (χ0v) is 15.5. The van der Waals surface area contributed by atoms with Crippen molar-refractivity contribution in [3.8, 4) is 11.5 Å². The normalized spacial score (nSPS) is 10.7. The van der Waals surface area contributed by atoms with E-state index in [2.05, 4.69) is 0 Å². The van der Waals surface area contributed by atoms with Gasteiger partial charge in [0, 0.05) is 37.7 Å².